The summed E-state index contributed by atoms with van der Waals surface area (Å²) in [6, 6.07) is 14.7. The zero-order chi connectivity index (χ0) is 11.4. The second-order valence-corrected chi connectivity index (χ2v) is 4.43. The van der Waals surface area contributed by atoms with Gasteiger partial charge in [0.2, 0.25) is 0 Å². The van der Waals surface area contributed by atoms with E-state index in [1.165, 1.54) is 0 Å². The Hall–Kier alpha value is -1.61. The lowest BCUT2D eigenvalue weighted by Crippen LogP contribution is -1.83. The third-order valence-corrected chi connectivity index (χ3v) is 3.29. The molecule has 0 aliphatic heterocycles. The van der Waals surface area contributed by atoms with Crippen molar-refractivity contribution in [2.24, 2.45) is 0 Å². The van der Waals surface area contributed by atoms with Crippen LogP contribution in [-0.4, -0.2) is 10.2 Å². The van der Waals surface area contributed by atoms with Gasteiger partial charge >= 0.3 is 0 Å². The molecule has 82 valence electrons. The van der Waals surface area contributed by atoms with Crippen molar-refractivity contribution in [2.45, 2.75) is 10.6 Å². The first-order valence-corrected chi connectivity index (χ1v) is 5.93. The summed E-state index contributed by atoms with van der Waals surface area (Å²) < 4.78 is 0. The smallest absolute Gasteiger partial charge is 0.123 e. The first kappa shape index (κ1) is 10.9. The van der Waals surface area contributed by atoms with E-state index >= 15 is 0 Å². The van der Waals surface area contributed by atoms with Crippen LogP contribution < -0.4 is 0 Å². The maximum atomic E-state index is 9.60. The van der Waals surface area contributed by atoms with E-state index in [0.29, 0.717) is 11.3 Å². The van der Waals surface area contributed by atoms with Gasteiger partial charge in [0.25, 0.3) is 0 Å². The van der Waals surface area contributed by atoms with Gasteiger partial charge in [-0.2, -0.15) is 0 Å². The minimum Gasteiger partial charge on any atom is -0.507 e. The fraction of sp³-hybridized carbons (Fsp3) is 0.0769. The summed E-state index contributed by atoms with van der Waals surface area (Å²) in [5.41, 5.74) is 0.580. The van der Waals surface area contributed by atoms with Crippen molar-refractivity contribution in [3.8, 4) is 11.5 Å². The molecule has 0 aliphatic rings. The zero-order valence-corrected chi connectivity index (χ0v) is 9.45. The summed E-state index contributed by atoms with van der Waals surface area (Å²) in [5.74, 6) is 0.842. The van der Waals surface area contributed by atoms with E-state index < -0.39 is 0 Å². The van der Waals surface area contributed by atoms with Crippen LogP contribution in [0.4, 0.5) is 0 Å². The van der Waals surface area contributed by atoms with Gasteiger partial charge in [-0.1, -0.05) is 24.3 Å². The van der Waals surface area contributed by atoms with Gasteiger partial charge in [-0.3, -0.25) is 0 Å². The largest absolute Gasteiger partial charge is 0.507 e. The standard InChI is InChI=1S/C13H12O2S/c14-12-7-4-8-13(15)11(12)9-16-10-5-2-1-3-6-10/h1-8,14-15H,9H2. The van der Waals surface area contributed by atoms with Gasteiger partial charge in [-0.05, 0) is 24.3 Å². The highest BCUT2D eigenvalue weighted by Gasteiger charge is 2.06. The Labute approximate surface area is 98.6 Å². The predicted octanol–water partition coefficient (Wildman–Crippen LogP) is 3.39. The Morgan fingerprint density at radius 2 is 1.44 bits per heavy atom. The third kappa shape index (κ3) is 2.49. The van der Waals surface area contributed by atoms with Crippen molar-refractivity contribution in [3.05, 3.63) is 54.1 Å². The summed E-state index contributed by atoms with van der Waals surface area (Å²) in [7, 11) is 0. The molecule has 16 heavy (non-hydrogen) atoms. The van der Waals surface area contributed by atoms with E-state index in [-0.39, 0.29) is 11.5 Å². The lowest BCUT2D eigenvalue weighted by atomic mass is 10.2. The SMILES string of the molecule is Oc1cccc(O)c1CSc1ccccc1. The van der Waals surface area contributed by atoms with Crippen molar-refractivity contribution in [1.29, 1.82) is 0 Å². The predicted molar refractivity (Wildman–Crippen MR) is 65.8 cm³/mol. The quantitative estimate of drug-likeness (QED) is 0.797. The highest BCUT2D eigenvalue weighted by atomic mass is 32.2. The number of phenols is 2. The van der Waals surface area contributed by atoms with Gasteiger partial charge in [0, 0.05) is 16.2 Å². The zero-order valence-electron chi connectivity index (χ0n) is 8.63. The molecule has 2 aromatic rings. The van der Waals surface area contributed by atoms with E-state index in [4.69, 9.17) is 0 Å². The number of thioether (sulfide) groups is 1. The van der Waals surface area contributed by atoms with Gasteiger partial charge in [0.1, 0.15) is 11.5 Å². The number of phenolic OH excluding ortho intramolecular Hbond substituents is 2. The Morgan fingerprint density at radius 1 is 0.812 bits per heavy atom. The second-order valence-electron chi connectivity index (χ2n) is 3.38. The molecular formula is C13H12O2S. The Morgan fingerprint density at radius 3 is 2.06 bits per heavy atom. The lowest BCUT2D eigenvalue weighted by molar-refractivity contribution is 0.442. The van der Waals surface area contributed by atoms with Crippen molar-refractivity contribution < 1.29 is 10.2 Å². The highest BCUT2D eigenvalue weighted by Crippen LogP contribution is 2.32. The van der Waals surface area contributed by atoms with Crippen LogP contribution >= 0.6 is 11.8 Å². The molecule has 0 fully saturated rings. The fourth-order valence-electron chi connectivity index (χ4n) is 1.38. The van der Waals surface area contributed by atoms with Crippen LogP contribution in [0.2, 0.25) is 0 Å². The van der Waals surface area contributed by atoms with Crippen molar-refractivity contribution in [3.63, 3.8) is 0 Å². The molecule has 0 spiro atoms. The number of hydrogen-bond acceptors (Lipinski definition) is 3. The molecule has 0 bridgehead atoms. The van der Waals surface area contributed by atoms with Crippen molar-refractivity contribution >= 4 is 11.8 Å². The number of rotatable bonds is 3. The van der Waals surface area contributed by atoms with E-state index in [1.54, 1.807) is 30.0 Å². The van der Waals surface area contributed by atoms with Crippen LogP contribution in [-0.2, 0) is 5.75 Å². The highest BCUT2D eigenvalue weighted by molar-refractivity contribution is 7.98. The molecule has 2 N–H and O–H groups in total. The maximum absolute atomic E-state index is 9.60. The summed E-state index contributed by atoms with van der Waals surface area (Å²) in [4.78, 5) is 1.12. The van der Waals surface area contributed by atoms with Gasteiger partial charge in [-0.25, -0.2) is 0 Å². The van der Waals surface area contributed by atoms with Crippen LogP contribution in [0.5, 0.6) is 11.5 Å². The van der Waals surface area contributed by atoms with Crippen molar-refractivity contribution in [2.75, 3.05) is 0 Å². The van der Waals surface area contributed by atoms with Crippen LogP contribution in [0, 0.1) is 0 Å². The molecule has 2 aromatic carbocycles. The van der Waals surface area contributed by atoms with Crippen LogP contribution in [0.1, 0.15) is 5.56 Å². The Kier molecular flexibility index (Phi) is 3.37. The minimum atomic E-state index is 0.142. The molecule has 0 radical (unpaired) electrons. The summed E-state index contributed by atoms with van der Waals surface area (Å²) in [6.07, 6.45) is 0. The van der Waals surface area contributed by atoms with E-state index in [0.717, 1.165) is 4.90 Å². The Balaban J connectivity index is 2.11. The summed E-state index contributed by atoms with van der Waals surface area (Å²) >= 11 is 1.58. The molecule has 0 aromatic heterocycles. The van der Waals surface area contributed by atoms with Crippen LogP contribution in [0.15, 0.2) is 53.4 Å². The fourth-order valence-corrected chi connectivity index (χ4v) is 2.34. The molecule has 0 heterocycles. The average Bonchev–Trinajstić information content (AvgIpc) is 2.30. The molecule has 2 rings (SSSR count). The molecule has 0 atom stereocenters. The number of benzene rings is 2. The van der Waals surface area contributed by atoms with Gasteiger partial charge in [-0.15, -0.1) is 11.8 Å². The normalized spacial score (nSPS) is 10.2. The maximum Gasteiger partial charge on any atom is 0.123 e. The monoisotopic (exact) mass is 232 g/mol. The summed E-state index contributed by atoms with van der Waals surface area (Å²) in [5, 5.41) is 19.2. The van der Waals surface area contributed by atoms with Crippen LogP contribution in [0.3, 0.4) is 0 Å². The van der Waals surface area contributed by atoms with Gasteiger partial charge < -0.3 is 10.2 Å². The van der Waals surface area contributed by atoms with E-state index in [1.807, 2.05) is 30.3 Å². The first-order valence-electron chi connectivity index (χ1n) is 4.95. The third-order valence-electron chi connectivity index (χ3n) is 2.25. The number of hydrogen-bond donors (Lipinski definition) is 2. The molecule has 3 heteroatoms. The topological polar surface area (TPSA) is 40.5 Å². The summed E-state index contributed by atoms with van der Waals surface area (Å²) in [6.45, 7) is 0. The second kappa shape index (κ2) is 4.94. The first-order chi connectivity index (χ1) is 7.77. The molecular weight excluding hydrogens is 220 g/mol. The molecule has 0 aliphatic carbocycles. The molecule has 0 unspecified atom stereocenters. The Bertz CT molecular complexity index is 448. The van der Waals surface area contributed by atoms with Gasteiger partial charge in [0.15, 0.2) is 0 Å². The molecule has 0 saturated carbocycles. The average molecular weight is 232 g/mol. The van der Waals surface area contributed by atoms with Gasteiger partial charge in [0.05, 0.1) is 0 Å². The molecule has 0 saturated heterocycles. The van der Waals surface area contributed by atoms with Crippen molar-refractivity contribution in [1.82, 2.24) is 0 Å². The van der Waals surface area contributed by atoms with Crippen LogP contribution in [0.25, 0.3) is 0 Å². The van der Waals surface area contributed by atoms with E-state index in [9.17, 15) is 10.2 Å². The minimum absolute atomic E-state index is 0.142. The van der Waals surface area contributed by atoms with E-state index in [2.05, 4.69) is 0 Å². The number of aromatic hydroxyl groups is 2. The molecule has 2 nitrogen and oxygen atoms in total. The lowest BCUT2D eigenvalue weighted by Gasteiger charge is -2.06. The molecule has 0 amide bonds.